The van der Waals surface area contributed by atoms with Crippen molar-refractivity contribution in [2.45, 2.75) is 6.61 Å². The van der Waals surface area contributed by atoms with E-state index in [1.54, 1.807) is 12.1 Å². The molecule has 1 fully saturated rings. The number of amides is 3. The molecule has 12 heteroatoms. The molecule has 0 bridgehead atoms. The fourth-order valence-electron chi connectivity index (χ4n) is 2.67. The van der Waals surface area contributed by atoms with Crippen molar-refractivity contribution in [3.8, 4) is 11.5 Å². The van der Waals surface area contributed by atoms with E-state index < -0.39 is 30.2 Å². The first kappa shape index (κ1) is 24.0. The highest BCUT2D eigenvalue weighted by Crippen LogP contribution is 2.35. The number of nitrogens with zero attached hydrogens (tertiary/aromatic N) is 1. The molecule has 1 N–H and O–H groups in total. The van der Waals surface area contributed by atoms with E-state index in [4.69, 9.17) is 16.3 Å². The number of alkyl halides is 2. The highest BCUT2D eigenvalue weighted by molar-refractivity contribution is 9.10. The maximum atomic E-state index is 12.6. The summed E-state index contributed by atoms with van der Waals surface area (Å²) >= 11 is 9.88. The van der Waals surface area contributed by atoms with E-state index in [2.05, 4.69) is 26.0 Å². The zero-order valence-corrected chi connectivity index (χ0v) is 19.4. The number of methoxy groups -OCH3 is 1. The second kappa shape index (κ2) is 10.3. The Labute approximate surface area is 198 Å². The van der Waals surface area contributed by atoms with E-state index in [-0.39, 0.29) is 16.4 Å². The predicted octanol–water partition coefficient (Wildman–Crippen LogP) is 5.39. The lowest BCUT2D eigenvalue weighted by Gasteiger charge is -2.13. The van der Waals surface area contributed by atoms with Crippen LogP contribution in [0.2, 0.25) is 5.02 Å². The van der Waals surface area contributed by atoms with Gasteiger partial charge < -0.3 is 14.8 Å². The summed E-state index contributed by atoms with van der Waals surface area (Å²) in [5, 5.41) is 2.34. The monoisotopic (exact) mass is 546 g/mol. The van der Waals surface area contributed by atoms with Gasteiger partial charge in [-0.2, -0.15) is 8.78 Å². The molecule has 2 aromatic rings. The molecule has 1 aliphatic heterocycles. The lowest BCUT2D eigenvalue weighted by molar-refractivity contribution is -0.127. The van der Waals surface area contributed by atoms with E-state index in [0.29, 0.717) is 32.5 Å². The van der Waals surface area contributed by atoms with Crippen molar-refractivity contribution in [1.29, 1.82) is 0 Å². The van der Waals surface area contributed by atoms with Crippen molar-refractivity contribution in [2.75, 3.05) is 19.0 Å². The molecule has 0 aliphatic carbocycles. The van der Waals surface area contributed by atoms with Crippen LogP contribution in [0.5, 0.6) is 11.5 Å². The molecule has 3 amide bonds. The van der Waals surface area contributed by atoms with Gasteiger partial charge in [0, 0.05) is 10.2 Å². The minimum Gasteiger partial charge on any atom is -0.493 e. The van der Waals surface area contributed by atoms with Gasteiger partial charge in [0.2, 0.25) is 5.91 Å². The van der Waals surface area contributed by atoms with Gasteiger partial charge in [-0.3, -0.25) is 19.3 Å². The normalized spacial score (nSPS) is 14.9. The third kappa shape index (κ3) is 5.78. The molecular formula is C20H14BrClF2N2O5S. The van der Waals surface area contributed by atoms with Gasteiger partial charge in [-0.15, -0.1) is 0 Å². The molecule has 1 aliphatic rings. The van der Waals surface area contributed by atoms with Crippen LogP contribution in [0.25, 0.3) is 6.08 Å². The third-order valence-electron chi connectivity index (χ3n) is 4.08. The molecule has 0 radical (unpaired) electrons. The SMILES string of the molecule is COc1cc(/C=C2\SC(=O)N(CC(=O)Nc3ccc(Br)c(Cl)c3)C2=O)ccc1OC(F)F. The number of rotatable bonds is 7. The van der Waals surface area contributed by atoms with Crippen LogP contribution in [0, 0.1) is 0 Å². The minimum atomic E-state index is -3.02. The summed E-state index contributed by atoms with van der Waals surface area (Å²) in [6.45, 7) is -3.51. The first-order valence-corrected chi connectivity index (χ1v) is 10.8. The Morgan fingerprint density at radius 2 is 2.00 bits per heavy atom. The van der Waals surface area contributed by atoms with Crippen LogP contribution in [0.3, 0.4) is 0 Å². The van der Waals surface area contributed by atoms with Crippen LogP contribution in [-0.2, 0) is 9.59 Å². The average Bonchev–Trinajstić information content (AvgIpc) is 2.98. The second-order valence-corrected chi connectivity index (χ2v) is 8.49. The molecule has 168 valence electrons. The molecule has 0 unspecified atom stereocenters. The van der Waals surface area contributed by atoms with Crippen LogP contribution < -0.4 is 14.8 Å². The number of hydrogen-bond acceptors (Lipinski definition) is 6. The van der Waals surface area contributed by atoms with Crippen molar-refractivity contribution >= 4 is 68.1 Å². The number of thioether (sulfide) groups is 1. The minimum absolute atomic E-state index is 0.0332. The first-order valence-electron chi connectivity index (χ1n) is 8.81. The lowest BCUT2D eigenvalue weighted by Crippen LogP contribution is -2.36. The predicted molar refractivity (Wildman–Crippen MR) is 120 cm³/mol. The largest absolute Gasteiger partial charge is 0.493 e. The fourth-order valence-corrected chi connectivity index (χ4v) is 3.94. The van der Waals surface area contributed by atoms with Gasteiger partial charge in [-0.1, -0.05) is 17.7 Å². The first-order chi connectivity index (χ1) is 15.2. The molecule has 3 rings (SSSR count). The maximum absolute atomic E-state index is 12.6. The molecular weight excluding hydrogens is 534 g/mol. The molecule has 1 saturated heterocycles. The summed E-state index contributed by atoms with van der Waals surface area (Å²) in [7, 11) is 1.28. The number of anilines is 1. The zero-order chi connectivity index (χ0) is 23.4. The number of nitrogens with one attached hydrogen (secondary N) is 1. The Bertz CT molecular complexity index is 1120. The van der Waals surface area contributed by atoms with Gasteiger partial charge in [-0.05, 0) is 69.7 Å². The van der Waals surface area contributed by atoms with Crippen molar-refractivity contribution in [1.82, 2.24) is 4.90 Å². The summed E-state index contributed by atoms with van der Waals surface area (Å²) in [4.78, 5) is 38.1. The van der Waals surface area contributed by atoms with Crippen LogP contribution >= 0.6 is 39.3 Å². The van der Waals surface area contributed by atoms with Gasteiger partial charge in [0.15, 0.2) is 11.5 Å². The Kier molecular flexibility index (Phi) is 7.75. The molecule has 32 heavy (non-hydrogen) atoms. The Morgan fingerprint density at radius 1 is 1.25 bits per heavy atom. The molecule has 0 aromatic heterocycles. The van der Waals surface area contributed by atoms with E-state index in [0.717, 1.165) is 4.90 Å². The molecule has 2 aromatic carbocycles. The molecule has 0 atom stereocenters. The Balaban J connectivity index is 1.71. The third-order valence-corrected chi connectivity index (χ3v) is 6.22. The van der Waals surface area contributed by atoms with E-state index in [1.807, 2.05) is 0 Å². The fraction of sp³-hybridized carbons (Fsp3) is 0.150. The van der Waals surface area contributed by atoms with Crippen LogP contribution in [0.15, 0.2) is 45.8 Å². The Hall–Kier alpha value is -2.63. The highest BCUT2D eigenvalue weighted by Gasteiger charge is 2.36. The van der Waals surface area contributed by atoms with Crippen molar-refractivity contribution in [2.24, 2.45) is 0 Å². The van der Waals surface area contributed by atoms with Crippen LogP contribution in [0.4, 0.5) is 19.3 Å². The summed E-state index contributed by atoms with van der Waals surface area (Å²) in [5.74, 6) is -1.37. The second-order valence-electron chi connectivity index (χ2n) is 6.23. The summed E-state index contributed by atoms with van der Waals surface area (Å²) < 4.78 is 34.9. The van der Waals surface area contributed by atoms with Gasteiger partial charge in [-0.25, -0.2) is 0 Å². The Morgan fingerprint density at radius 3 is 2.66 bits per heavy atom. The van der Waals surface area contributed by atoms with Crippen molar-refractivity contribution in [3.05, 3.63) is 56.4 Å². The number of carbonyl (C=O) groups excluding carboxylic acids is 3. The topological polar surface area (TPSA) is 84.9 Å². The summed E-state index contributed by atoms with van der Waals surface area (Å²) in [6.07, 6.45) is 1.39. The average molecular weight is 548 g/mol. The van der Waals surface area contributed by atoms with Crippen molar-refractivity contribution < 1.29 is 32.6 Å². The molecule has 1 heterocycles. The lowest BCUT2D eigenvalue weighted by atomic mass is 10.2. The number of imide groups is 1. The van der Waals surface area contributed by atoms with E-state index in [9.17, 15) is 23.2 Å². The zero-order valence-electron chi connectivity index (χ0n) is 16.2. The molecule has 7 nitrogen and oxygen atoms in total. The van der Waals surface area contributed by atoms with Gasteiger partial charge in [0.1, 0.15) is 6.54 Å². The molecule has 0 spiro atoms. The van der Waals surface area contributed by atoms with Crippen molar-refractivity contribution in [3.63, 3.8) is 0 Å². The van der Waals surface area contributed by atoms with Gasteiger partial charge in [0.25, 0.3) is 11.1 Å². The standard InChI is InChI=1S/C20H14BrClF2N2O5S/c1-30-15-6-10(2-5-14(15)31-19(23)24)7-16-18(28)26(20(29)32-16)9-17(27)25-11-3-4-12(21)13(22)8-11/h2-8,19H,9H2,1H3,(H,25,27)/b16-7-. The summed E-state index contributed by atoms with van der Waals surface area (Å²) in [5.41, 5.74) is 0.826. The van der Waals surface area contributed by atoms with Gasteiger partial charge in [0.05, 0.1) is 17.0 Å². The molecule has 0 saturated carbocycles. The number of ether oxygens (including phenoxy) is 2. The summed E-state index contributed by atoms with van der Waals surface area (Å²) in [6, 6.07) is 8.85. The number of benzene rings is 2. The van der Waals surface area contributed by atoms with Crippen LogP contribution in [0.1, 0.15) is 5.56 Å². The quantitative estimate of drug-likeness (QED) is 0.468. The smallest absolute Gasteiger partial charge is 0.387 e. The highest BCUT2D eigenvalue weighted by atomic mass is 79.9. The van der Waals surface area contributed by atoms with E-state index >= 15 is 0 Å². The number of halogens is 4. The van der Waals surface area contributed by atoms with E-state index in [1.165, 1.54) is 37.5 Å². The number of hydrogen-bond donors (Lipinski definition) is 1. The maximum Gasteiger partial charge on any atom is 0.387 e. The van der Waals surface area contributed by atoms with Crippen LogP contribution in [-0.4, -0.2) is 42.2 Å². The van der Waals surface area contributed by atoms with Gasteiger partial charge >= 0.3 is 6.61 Å². The number of carbonyl (C=O) groups is 3.